The van der Waals surface area contributed by atoms with E-state index in [9.17, 15) is 13.2 Å². The maximum atomic E-state index is 11.5. The number of carbonyl (C=O) groups is 1. The molecule has 2 aromatic carbocycles. The van der Waals surface area contributed by atoms with Crippen molar-refractivity contribution in [3.63, 3.8) is 0 Å². The van der Waals surface area contributed by atoms with Gasteiger partial charge in [-0.1, -0.05) is 41.6 Å². The molecule has 2 aromatic rings. The van der Waals surface area contributed by atoms with E-state index in [-0.39, 0.29) is 15.5 Å². The lowest BCUT2D eigenvalue weighted by Crippen LogP contribution is -2.17. The second-order valence-corrected chi connectivity index (χ2v) is 7.16. The van der Waals surface area contributed by atoms with Gasteiger partial charge in [-0.15, -0.1) is 0 Å². The van der Waals surface area contributed by atoms with Crippen LogP contribution >= 0.6 is 23.4 Å². The highest BCUT2D eigenvalue weighted by atomic mass is 35.5. The summed E-state index contributed by atoms with van der Waals surface area (Å²) in [4.78, 5) is 12.5. The summed E-state index contributed by atoms with van der Waals surface area (Å²) in [5, 5.41) is 5.00. The number of primary sulfonamides is 1. The summed E-state index contributed by atoms with van der Waals surface area (Å²) in [6.45, 7) is 0. The lowest BCUT2D eigenvalue weighted by Gasteiger charge is -2.10. The van der Waals surface area contributed by atoms with Crippen molar-refractivity contribution in [1.29, 1.82) is 0 Å². The summed E-state index contributed by atoms with van der Waals surface area (Å²) in [7, 11) is -4.03. The van der Waals surface area contributed by atoms with Crippen molar-refractivity contribution in [2.45, 2.75) is 14.7 Å². The molecule has 110 valence electrons. The number of hydrogen-bond acceptors (Lipinski definition) is 4. The molecule has 0 aliphatic carbocycles. The topological polar surface area (TPSA) is 103 Å². The molecule has 0 saturated carbocycles. The molecule has 0 spiro atoms. The van der Waals surface area contributed by atoms with E-state index in [2.05, 4.69) is 0 Å². The molecule has 2 rings (SSSR count). The molecular formula is C13H11ClN2O3S2. The van der Waals surface area contributed by atoms with Crippen molar-refractivity contribution < 1.29 is 13.2 Å². The quantitative estimate of drug-likeness (QED) is 0.889. The maximum Gasteiger partial charge on any atom is 0.249 e. The summed E-state index contributed by atoms with van der Waals surface area (Å²) in [6, 6.07) is 11.7. The molecule has 0 atom stereocenters. The number of primary amides is 1. The number of benzene rings is 2. The Balaban J connectivity index is 2.56. The van der Waals surface area contributed by atoms with Gasteiger partial charge < -0.3 is 5.73 Å². The van der Waals surface area contributed by atoms with Crippen LogP contribution in [0.4, 0.5) is 0 Å². The van der Waals surface area contributed by atoms with Gasteiger partial charge in [0.15, 0.2) is 0 Å². The first kappa shape index (κ1) is 15.8. The Bertz CT molecular complexity index is 793. The highest BCUT2D eigenvalue weighted by Gasteiger charge is 2.19. The Morgan fingerprint density at radius 3 is 2.29 bits per heavy atom. The minimum absolute atomic E-state index is 0.0530. The summed E-state index contributed by atoms with van der Waals surface area (Å²) in [5.74, 6) is -0.755. The number of carbonyl (C=O) groups excluding carboxylic acids is 1. The molecule has 21 heavy (non-hydrogen) atoms. The standard InChI is InChI=1S/C13H11ClN2O3S2/c14-10-7-11(20-8-4-2-1-3-5-8)9(13(15)17)6-12(10)21(16,18)19/h1-7H,(H2,15,17)(H2,16,18,19). The van der Waals surface area contributed by atoms with Crippen LogP contribution < -0.4 is 10.9 Å². The highest BCUT2D eigenvalue weighted by molar-refractivity contribution is 7.99. The molecule has 8 heteroatoms. The summed E-state index contributed by atoms with van der Waals surface area (Å²) >= 11 is 7.19. The Morgan fingerprint density at radius 1 is 1.14 bits per heavy atom. The van der Waals surface area contributed by atoms with Crippen LogP contribution in [0.5, 0.6) is 0 Å². The van der Waals surface area contributed by atoms with E-state index in [1.54, 1.807) is 0 Å². The molecule has 0 aliphatic heterocycles. The number of rotatable bonds is 4. The zero-order valence-corrected chi connectivity index (χ0v) is 13.0. The van der Waals surface area contributed by atoms with E-state index in [0.29, 0.717) is 4.90 Å². The molecule has 4 N–H and O–H groups in total. The fraction of sp³-hybridized carbons (Fsp3) is 0. The van der Waals surface area contributed by atoms with Crippen LogP contribution in [0.3, 0.4) is 0 Å². The van der Waals surface area contributed by atoms with Crippen molar-refractivity contribution in [2.24, 2.45) is 10.9 Å². The normalized spacial score (nSPS) is 11.3. The lowest BCUT2D eigenvalue weighted by atomic mass is 10.2. The maximum absolute atomic E-state index is 11.5. The van der Waals surface area contributed by atoms with Gasteiger partial charge in [-0.25, -0.2) is 13.6 Å². The molecule has 0 bridgehead atoms. The van der Waals surface area contributed by atoms with Crippen LogP contribution in [-0.4, -0.2) is 14.3 Å². The lowest BCUT2D eigenvalue weighted by molar-refractivity contribution is 0.0997. The number of sulfonamides is 1. The monoisotopic (exact) mass is 342 g/mol. The predicted octanol–water partition coefficient (Wildman–Crippen LogP) is 2.24. The molecule has 5 nitrogen and oxygen atoms in total. The van der Waals surface area contributed by atoms with E-state index in [1.165, 1.54) is 17.8 Å². The van der Waals surface area contributed by atoms with Crippen LogP contribution in [0.1, 0.15) is 10.4 Å². The van der Waals surface area contributed by atoms with Gasteiger partial charge in [0, 0.05) is 9.79 Å². The van der Waals surface area contributed by atoms with Gasteiger partial charge >= 0.3 is 0 Å². The van der Waals surface area contributed by atoms with Crippen molar-refractivity contribution in [2.75, 3.05) is 0 Å². The van der Waals surface area contributed by atoms with Crippen LogP contribution in [0, 0.1) is 0 Å². The third kappa shape index (κ3) is 3.76. The third-order valence-electron chi connectivity index (χ3n) is 2.58. The van der Waals surface area contributed by atoms with E-state index in [4.69, 9.17) is 22.5 Å². The number of amides is 1. The van der Waals surface area contributed by atoms with Crippen molar-refractivity contribution in [1.82, 2.24) is 0 Å². The SMILES string of the molecule is NC(=O)c1cc(S(N)(=O)=O)c(Cl)cc1Sc1ccccc1. The van der Waals surface area contributed by atoms with E-state index in [0.717, 1.165) is 11.0 Å². The Hall–Kier alpha value is -1.54. The van der Waals surface area contributed by atoms with Gasteiger partial charge in [0.2, 0.25) is 15.9 Å². The molecule has 0 radical (unpaired) electrons. The largest absolute Gasteiger partial charge is 0.366 e. The molecule has 0 heterocycles. The summed E-state index contributed by atoms with van der Waals surface area (Å²) in [5.41, 5.74) is 5.35. The third-order valence-corrected chi connectivity index (χ3v) is 5.02. The molecule has 0 aromatic heterocycles. The molecular weight excluding hydrogens is 332 g/mol. The van der Waals surface area contributed by atoms with E-state index in [1.807, 2.05) is 30.3 Å². The Kier molecular flexibility index (Phi) is 4.58. The first-order valence-electron chi connectivity index (χ1n) is 5.68. The molecule has 1 amide bonds. The summed E-state index contributed by atoms with van der Waals surface area (Å²) < 4.78 is 22.9. The van der Waals surface area contributed by atoms with Crippen molar-refractivity contribution in [3.05, 3.63) is 53.1 Å². The second-order valence-electron chi connectivity index (χ2n) is 4.10. The van der Waals surface area contributed by atoms with Crippen LogP contribution in [0.25, 0.3) is 0 Å². The minimum atomic E-state index is -4.03. The van der Waals surface area contributed by atoms with E-state index < -0.39 is 15.9 Å². The number of nitrogens with two attached hydrogens (primary N) is 2. The zero-order valence-electron chi connectivity index (χ0n) is 10.6. The average molecular weight is 343 g/mol. The Labute approximate surface area is 131 Å². The average Bonchev–Trinajstić information content (AvgIpc) is 2.38. The first-order chi connectivity index (χ1) is 9.79. The van der Waals surface area contributed by atoms with Crippen LogP contribution in [0.15, 0.2) is 57.2 Å². The zero-order chi connectivity index (χ0) is 15.6. The van der Waals surface area contributed by atoms with E-state index >= 15 is 0 Å². The molecule has 0 unspecified atom stereocenters. The van der Waals surface area contributed by atoms with Crippen LogP contribution in [-0.2, 0) is 10.0 Å². The van der Waals surface area contributed by atoms with Gasteiger partial charge in [-0.3, -0.25) is 4.79 Å². The fourth-order valence-corrected chi connectivity index (χ4v) is 3.80. The minimum Gasteiger partial charge on any atom is -0.366 e. The van der Waals surface area contributed by atoms with Gasteiger partial charge in [0.05, 0.1) is 10.6 Å². The number of hydrogen-bond donors (Lipinski definition) is 2. The second kappa shape index (κ2) is 6.07. The van der Waals surface area contributed by atoms with Crippen molar-refractivity contribution >= 4 is 39.3 Å². The van der Waals surface area contributed by atoms with Crippen LogP contribution in [0.2, 0.25) is 5.02 Å². The van der Waals surface area contributed by atoms with Gasteiger partial charge in [0.25, 0.3) is 0 Å². The molecule has 0 fully saturated rings. The van der Waals surface area contributed by atoms with Gasteiger partial charge in [-0.2, -0.15) is 0 Å². The summed E-state index contributed by atoms with van der Waals surface area (Å²) in [6.07, 6.45) is 0. The van der Waals surface area contributed by atoms with Gasteiger partial charge in [0.1, 0.15) is 4.90 Å². The number of halogens is 1. The fourth-order valence-electron chi connectivity index (χ4n) is 1.65. The molecule has 0 aliphatic rings. The van der Waals surface area contributed by atoms with Crippen molar-refractivity contribution in [3.8, 4) is 0 Å². The molecule has 0 saturated heterocycles. The highest BCUT2D eigenvalue weighted by Crippen LogP contribution is 2.35. The first-order valence-corrected chi connectivity index (χ1v) is 8.42. The smallest absolute Gasteiger partial charge is 0.249 e. The Morgan fingerprint density at radius 2 is 1.76 bits per heavy atom. The predicted molar refractivity (Wildman–Crippen MR) is 81.9 cm³/mol. The van der Waals surface area contributed by atoms with Gasteiger partial charge in [-0.05, 0) is 24.3 Å².